The van der Waals surface area contributed by atoms with Crippen LogP contribution in [0.3, 0.4) is 0 Å². The number of hydrogen-bond acceptors (Lipinski definition) is 5. The van der Waals surface area contributed by atoms with Crippen LogP contribution in [0, 0.1) is 5.92 Å². The zero-order valence-electron chi connectivity index (χ0n) is 18.0. The van der Waals surface area contributed by atoms with Gasteiger partial charge in [0.1, 0.15) is 0 Å². The normalized spacial score (nSPS) is 20.1. The molecule has 30 heavy (non-hydrogen) atoms. The number of hydrogen-bond donors (Lipinski definition) is 1. The van der Waals surface area contributed by atoms with Crippen molar-refractivity contribution in [3.8, 4) is 0 Å². The average molecular weight is 416 g/mol. The molecule has 2 saturated heterocycles. The summed E-state index contributed by atoms with van der Waals surface area (Å²) in [6.45, 7) is 6.90. The highest BCUT2D eigenvalue weighted by Crippen LogP contribution is 2.18. The molecule has 3 rings (SSSR count). The molecular formula is C22H33N5O3. The van der Waals surface area contributed by atoms with E-state index in [1.54, 1.807) is 7.05 Å². The summed E-state index contributed by atoms with van der Waals surface area (Å²) >= 11 is 0. The van der Waals surface area contributed by atoms with Crippen molar-refractivity contribution in [2.75, 3.05) is 64.4 Å². The molecule has 0 spiro atoms. The summed E-state index contributed by atoms with van der Waals surface area (Å²) in [6, 6.07) is 10.3. The second-order valence-electron chi connectivity index (χ2n) is 7.64. The molecule has 1 N–H and O–H groups in total. The van der Waals surface area contributed by atoms with Crippen LogP contribution in [-0.2, 0) is 14.3 Å². The number of para-hydroxylation sites is 1. The van der Waals surface area contributed by atoms with Crippen molar-refractivity contribution in [2.24, 2.45) is 10.9 Å². The predicted octanol–water partition coefficient (Wildman–Crippen LogP) is 1.19. The number of piperazine rings is 1. The lowest BCUT2D eigenvalue weighted by molar-refractivity contribution is -0.149. The SMILES string of the molecule is CCOC(=O)C1CCCN(C(=NC)NCC(=O)N2CCN(c3ccccc3)CC2)C1. The molecule has 2 heterocycles. The van der Waals surface area contributed by atoms with Crippen molar-refractivity contribution in [3.05, 3.63) is 30.3 Å². The fraction of sp³-hybridized carbons (Fsp3) is 0.591. The number of ether oxygens (including phenoxy) is 1. The molecule has 0 aromatic heterocycles. The number of esters is 1. The number of amides is 1. The Bertz CT molecular complexity index is 732. The van der Waals surface area contributed by atoms with Crippen molar-refractivity contribution in [1.82, 2.24) is 15.1 Å². The van der Waals surface area contributed by atoms with Gasteiger partial charge in [-0.25, -0.2) is 0 Å². The highest BCUT2D eigenvalue weighted by atomic mass is 16.5. The monoisotopic (exact) mass is 415 g/mol. The zero-order chi connectivity index (χ0) is 21.3. The maximum atomic E-state index is 12.7. The number of anilines is 1. The summed E-state index contributed by atoms with van der Waals surface area (Å²) in [4.78, 5) is 35.4. The topological polar surface area (TPSA) is 77.5 Å². The van der Waals surface area contributed by atoms with Crippen LogP contribution in [-0.4, -0.2) is 87.1 Å². The fourth-order valence-corrected chi connectivity index (χ4v) is 4.07. The van der Waals surface area contributed by atoms with Gasteiger partial charge in [0.25, 0.3) is 0 Å². The van der Waals surface area contributed by atoms with Gasteiger partial charge in [-0.15, -0.1) is 0 Å². The van der Waals surface area contributed by atoms with Crippen molar-refractivity contribution < 1.29 is 14.3 Å². The Morgan fingerprint density at radius 2 is 1.83 bits per heavy atom. The molecule has 0 saturated carbocycles. The first-order chi connectivity index (χ1) is 14.6. The van der Waals surface area contributed by atoms with E-state index in [1.165, 1.54) is 5.69 Å². The molecule has 0 bridgehead atoms. The Balaban J connectivity index is 1.46. The Morgan fingerprint density at radius 1 is 1.10 bits per heavy atom. The van der Waals surface area contributed by atoms with Gasteiger partial charge in [-0.1, -0.05) is 18.2 Å². The molecule has 1 unspecified atom stereocenters. The average Bonchev–Trinajstić information content (AvgIpc) is 2.80. The zero-order valence-corrected chi connectivity index (χ0v) is 18.0. The van der Waals surface area contributed by atoms with Crippen LogP contribution in [0.25, 0.3) is 0 Å². The number of piperidine rings is 1. The summed E-state index contributed by atoms with van der Waals surface area (Å²) in [5, 5.41) is 3.19. The quantitative estimate of drug-likeness (QED) is 0.442. The lowest BCUT2D eigenvalue weighted by Gasteiger charge is -2.37. The van der Waals surface area contributed by atoms with E-state index in [0.29, 0.717) is 32.2 Å². The van der Waals surface area contributed by atoms with E-state index < -0.39 is 0 Å². The number of nitrogens with one attached hydrogen (secondary N) is 1. The molecule has 0 aliphatic carbocycles. The fourth-order valence-electron chi connectivity index (χ4n) is 4.07. The lowest BCUT2D eigenvalue weighted by Crippen LogP contribution is -2.53. The van der Waals surface area contributed by atoms with Crippen molar-refractivity contribution in [3.63, 3.8) is 0 Å². The van der Waals surface area contributed by atoms with Crippen LogP contribution in [0.5, 0.6) is 0 Å². The van der Waals surface area contributed by atoms with Crippen LogP contribution >= 0.6 is 0 Å². The standard InChI is InChI=1S/C22H33N5O3/c1-3-30-21(29)18-8-7-11-27(17-18)22(23-2)24-16-20(28)26-14-12-25(13-15-26)19-9-5-4-6-10-19/h4-6,9-10,18H,3,7-8,11-17H2,1-2H3,(H,23,24). The molecule has 2 fully saturated rings. The molecule has 0 radical (unpaired) electrons. The van der Waals surface area contributed by atoms with Gasteiger partial charge in [-0.3, -0.25) is 14.6 Å². The van der Waals surface area contributed by atoms with Crippen LogP contribution in [0.4, 0.5) is 5.69 Å². The molecule has 1 amide bonds. The van der Waals surface area contributed by atoms with Gasteiger partial charge in [0.05, 0.1) is 19.1 Å². The Labute approximate surface area is 178 Å². The van der Waals surface area contributed by atoms with Crippen molar-refractivity contribution >= 4 is 23.5 Å². The van der Waals surface area contributed by atoms with Gasteiger partial charge in [0.15, 0.2) is 5.96 Å². The highest BCUT2D eigenvalue weighted by Gasteiger charge is 2.29. The molecule has 1 atom stereocenters. The predicted molar refractivity (Wildman–Crippen MR) is 118 cm³/mol. The summed E-state index contributed by atoms with van der Waals surface area (Å²) in [5.74, 6) is 0.451. The second-order valence-corrected chi connectivity index (χ2v) is 7.64. The molecule has 2 aliphatic rings. The maximum absolute atomic E-state index is 12.7. The molecule has 164 valence electrons. The third-order valence-electron chi connectivity index (χ3n) is 5.70. The smallest absolute Gasteiger partial charge is 0.310 e. The Morgan fingerprint density at radius 3 is 2.50 bits per heavy atom. The van der Waals surface area contributed by atoms with Gasteiger partial charge < -0.3 is 24.8 Å². The minimum absolute atomic E-state index is 0.0720. The summed E-state index contributed by atoms with van der Waals surface area (Å²) in [5.41, 5.74) is 1.20. The number of carbonyl (C=O) groups is 2. The molecule has 1 aromatic carbocycles. The van der Waals surface area contributed by atoms with Gasteiger partial charge in [-0.2, -0.15) is 0 Å². The van der Waals surface area contributed by atoms with E-state index in [1.807, 2.05) is 34.9 Å². The number of nitrogens with zero attached hydrogens (tertiary/aromatic N) is 4. The first-order valence-electron chi connectivity index (χ1n) is 10.8. The second kappa shape index (κ2) is 10.8. The van der Waals surface area contributed by atoms with E-state index in [-0.39, 0.29) is 24.3 Å². The van der Waals surface area contributed by atoms with E-state index in [2.05, 4.69) is 27.3 Å². The van der Waals surface area contributed by atoms with E-state index in [0.717, 1.165) is 32.5 Å². The van der Waals surface area contributed by atoms with E-state index in [9.17, 15) is 9.59 Å². The van der Waals surface area contributed by atoms with Crippen molar-refractivity contribution in [1.29, 1.82) is 0 Å². The van der Waals surface area contributed by atoms with Gasteiger partial charge in [0.2, 0.25) is 5.91 Å². The van der Waals surface area contributed by atoms with Crippen molar-refractivity contribution in [2.45, 2.75) is 19.8 Å². The van der Waals surface area contributed by atoms with Gasteiger partial charge >= 0.3 is 5.97 Å². The number of carbonyl (C=O) groups excluding carboxylic acids is 2. The lowest BCUT2D eigenvalue weighted by atomic mass is 9.98. The molecule has 2 aliphatic heterocycles. The molecule has 1 aromatic rings. The molecular weight excluding hydrogens is 382 g/mol. The largest absolute Gasteiger partial charge is 0.466 e. The summed E-state index contributed by atoms with van der Waals surface area (Å²) in [7, 11) is 1.71. The number of guanidine groups is 1. The van der Waals surface area contributed by atoms with Gasteiger partial charge in [-0.05, 0) is 31.9 Å². The van der Waals surface area contributed by atoms with E-state index in [4.69, 9.17) is 4.74 Å². The Kier molecular flexibility index (Phi) is 7.93. The van der Waals surface area contributed by atoms with Crippen LogP contribution in [0.2, 0.25) is 0 Å². The minimum Gasteiger partial charge on any atom is -0.466 e. The molecule has 8 heteroatoms. The maximum Gasteiger partial charge on any atom is 0.310 e. The number of benzene rings is 1. The minimum atomic E-state index is -0.148. The first-order valence-corrected chi connectivity index (χ1v) is 10.8. The number of aliphatic imine (C=N–C) groups is 1. The van der Waals surface area contributed by atoms with Crippen LogP contribution in [0.15, 0.2) is 35.3 Å². The Hall–Kier alpha value is -2.77. The third kappa shape index (κ3) is 5.64. The summed E-state index contributed by atoms with van der Waals surface area (Å²) < 4.78 is 5.17. The summed E-state index contributed by atoms with van der Waals surface area (Å²) in [6.07, 6.45) is 1.73. The van der Waals surface area contributed by atoms with Crippen LogP contribution < -0.4 is 10.2 Å². The van der Waals surface area contributed by atoms with Crippen LogP contribution in [0.1, 0.15) is 19.8 Å². The first kappa shape index (κ1) is 21.9. The molecule has 8 nitrogen and oxygen atoms in total. The highest BCUT2D eigenvalue weighted by molar-refractivity contribution is 5.87. The van der Waals surface area contributed by atoms with E-state index >= 15 is 0 Å². The number of rotatable bonds is 5. The third-order valence-corrected chi connectivity index (χ3v) is 5.70. The number of likely N-dealkylation sites (tertiary alicyclic amines) is 1. The van der Waals surface area contributed by atoms with Gasteiger partial charge in [0, 0.05) is 52.0 Å².